The molecule has 0 aliphatic heterocycles. The first-order chi connectivity index (χ1) is 14.3. The molecule has 1 aliphatic carbocycles. The molecular formula is C24H36O7. The Balaban J connectivity index is 3.39. The molecule has 0 aromatic heterocycles. The lowest BCUT2D eigenvalue weighted by atomic mass is 9.74. The zero-order chi connectivity index (χ0) is 23.9. The maximum atomic E-state index is 12.5. The predicted octanol–water partition coefficient (Wildman–Crippen LogP) is 3.66. The lowest BCUT2D eigenvalue weighted by molar-refractivity contribution is -0.177. The molecule has 0 saturated heterocycles. The standard InChI is InChI=1S/C24H36O7/c1-9-14(2)23(27)31-19-13-16(4)21(29-17(5)25)22(30-18(6)26)20(19)15(3)11-10-12-24(7,8)28/h9-10,12-13,15,19-22,28H,11H2,1-8H3/t15-,19+,20-,21-,22+/m1/s1. The minimum absolute atomic E-state index is 0.130. The van der Waals surface area contributed by atoms with Gasteiger partial charge in [0.25, 0.3) is 0 Å². The molecule has 1 aliphatic rings. The molecule has 31 heavy (non-hydrogen) atoms. The van der Waals surface area contributed by atoms with Crippen LogP contribution in [0.25, 0.3) is 0 Å². The Hall–Kier alpha value is -2.41. The first kappa shape index (κ1) is 26.6. The summed E-state index contributed by atoms with van der Waals surface area (Å²) in [7, 11) is 0. The summed E-state index contributed by atoms with van der Waals surface area (Å²) in [6.45, 7) is 13.0. The monoisotopic (exact) mass is 436 g/mol. The van der Waals surface area contributed by atoms with Crippen LogP contribution in [0.5, 0.6) is 0 Å². The van der Waals surface area contributed by atoms with E-state index in [0.717, 1.165) is 0 Å². The molecule has 7 nitrogen and oxygen atoms in total. The highest BCUT2D eigenvalue weighted by Crippen LogP contribution is 2.38. The Kier molecular flexibility index (Phi) is 9.69. The Morgan fingerprint density at radius 1 is 1.13 bits per heavy atom. The van der Waals surface area contributed by atoms with Gasteiger partial charge in [-0.25, -0.2) is 4.79 Å². The average Bonchev–Trinajstić information content (AvgIpc) is 2.62. The summed E-state index contributed by atoms with van der Waals surface area (Å²) >= 11 is 0. The molecule has 0 aromatic rings. The van der Waals surface area contributed by atoms with E-state index in [1.807, 2.05) is 13.0 Å². The molecule has 0 saturated carbocycles. The highest BCUT2D eigenvalue weighted by atomic mass is 16.6. The number of esters is 3. The fraction of sp³-hybridized carbons (Fsp3) is 0.625. The van der Waals surface area contributed by atoms with Crippen LogP contribution in [-0.4, -0.2) is 46.9 Å². The number of hydrogen-bond acceptors (Lipinski definition) is 7. The van der Waals surface area contributed by atoms with Crippen molar-refractivity contribution in [1.82, 2.24) is 0 Å². The smallest absolute Gasteiger partial charge is 0.333 e. The number of rotatable bonds is 8. The molecule has 0 spiro atoms. The van der Waals surface area contributed by atoms with E-state index in [9.17, 15) is 19.5 Å². The molecule has 1 rings (SSSR count). The summed E-state index contributed by atoms with van der Waals surface area (Å²) in [5, 5.41) is 9.95. The van der Waals surface area contributed by atoms with Gasteiger partial charge in [0.1, 0.15) is 12.2 Å². The number of carbonyl (C=O) groups is 3. The van der Waals surface area contributed by atoms with Gasteiger partial charge in [0.2, 0.25) is 0 Å². The lowest BCUT2D eigenvalue weighted by Gasteiger charge is -2.42. The molecule has 0 fully saturated rings. The molecule has 1 N–H and O–H groups in total. The van der Waals surface area contributed by atoms with Gasteiger partial charge in [-0.15, -0.1) is 0 Å². The normalized spacial score (nSPS) is 25.6. The van der Waals surface area contributed by atoms with Gasteiger partial charge >= 0.3 is 17.9 Å². The molecule has 0 unspecified atom stereocenters. The average molecular weight is 437 g/mol. The van der Waals surface area contributed by atoms with Crippen LogP contribution < -0.4 is 0 Å². The first-order valence-electron chi connectivity index (χ1n) is 10.5. The minimum atomic E-state index is -0.965. The zero-order valence-corrected chi connectivity index (χ0v) is 19.8. The summed E-state index contributed by atoms with van der Waals surface area (Å²) in [4.78, 5) is 36.1. The molecule has 5 atom stereocenters. The summed E-state index contributed by atoms with van der Waals surface area (Å²) in [6, 6.07) is 0. The van der Waals surface area contributed by atoms with E-state index in [4.69, 9.17) is 14.2 Å². The van der Waals surface area contributed by atoms with Crippen LogP contribution in [0.1, 0.15) is 61.8 Å². The van der Waals surface area contributed by atoms with Crippen molar-refractivity contribution in [2.45, 2.75) is 85.7 Å². The quantitative estimate of drug-likeness (QED) is 0.268. The van der Waals surface area contributed by atoms with Gasteiger partial charge in [0.15, 0.2) is 6.10 Å². The van der Waals surface area contributed by atoms with Crippen molar-refractivity contribution in [3.8, 4) is 0 Å². The van der Waals surface area contributed by atoms with E-state index in [1.165, 1.54) is 13.8 Å². The third-order valence-corrected chi connectivity index (χ3v) is 5.22. The highest BCUT2D eigenvalue weighted by molar-refractivity contribution is 5.87. The molecule has 7 heteroatoms. The summed E-state index contributed by atoms with van der Waals surface area (Å²) in [5.74, 6) is -2.07. The summed E-state index contributed by atoms with van der Waals surface area (Å²) in [6.07, 6.45) is 5.21. The van der Waals surface area contributed by atoms with Gasteiger partial charge < -0.3 is 19.3 Å². The molecular weight excluding hydrogens is 400 g/mol. The van der Waals surface area contributed by atoms with Crippen molar-refractivity contribution in [2.75, 3.05) is 0 Å². The summed E-state index contributed by atoms with van der Waals surface area (Å²) in [5.41, 5.74) is 0.145. The van der Waals surface area contributed by atoms with E-state index in [-0.39, 0.29) is 5.92 Å². The van der Waals surface area contributed by atoms with Crippen LogP contribution in [0.15, 0.2) is 35.5 Å². The molecule has 174 valence electrons. The van der Waals surface area contributed by atoms with Crippen LogP contribution in [-0.2, 0) is 28.6 Å². The van der Waals surface area contributed by atoms with E-state index >= 15 is 0 Å². The highest BCUT2D eigenvalue weighted by Gasteiger charge is 2.46. The largest absolute Gasteiger partial charge is 0.458 e. The number of ether oxygens (including phenoxy) is 3. The lowest BCUT2D eigenvalue weighted by Crippen LogP contribution is -2.51. The molecule has 0 bridgehead atoms. The second-order valence-corrected chi connectivity index (χ2v) is 8.70. The maximum absolute atomic E-state index is 12.5. The zero-order valence-electron chi connectivity index (χ0n) is 19.8. The van der Waals surface area contributed by atoms with Gasteiger partial charge in [-0.2, -0.15) is 0 Å². The van der Waals surface area contributed by atoms with Crippen LogP contribution in [0, 0.1) is 11.8 Å². The fourth-order valence-corrected chi connectivity index (χ4v) is 3.61. The van der Waals surface area contributed by atoms with Gasteiger partial charge in [-0.05, 0) is 58.6 Å². The van der Waals surface area contributed by atoms with E-state index in [1.54, 1.807) is 52.8 Å². The molecule has 0 amide bonds. The van der Waals surface area contributed by atoms with Gasteiger partial charge in [0.05, 0.1) is 5.60 Å². The van der Waals surface area contributed by atoms with Crippen molar-refractivity contribution in [3.05, 3.63) is 35.5 Å². The van der Waals surface area contributed by atoms with E-state index in [2.05, 4.69) is 0 Å². The van der Waals surface area contributed by atoms with Crippen molar-refractivity contribution in [1.29, 1.82) is 0 Å². The minimum Gasteiger partial charge on any atom is -0.458 e. The third-order valence-electron chi connectivity index (χ3n) is 5.22. The SMILES string of the molecule is CC=C(C)C(=O)O[C@H]1C=C(C)[C@@H](OC(C)=O)[C@@H](OC(C)=O)[C@@H]1[C@H](C)CC=CC(C)(C)O. The van der Waals surface area contributed by atoms with Crippen molar-refractivity contribution in [2.24, 2.45) is 11.8 Å². The third kappa shape index (κ3) is 8.32. The molecule has 0 heterocycles. The van der Waals surface area contributed by atoms with Crippen LogP contribution >= 0.6 is 0 Å². The fourth-order valence-electron chi connectivity index (χ4n) is 3.61. The van der Waals surface area contributed by atoms with Crippen LogP contribution in [0.4, 0.5) is 0 Å². The van der Waals surface area contributed by atoms with Gasteiger partial charge in [-0.1, -0.05) is 25.2 Å². The summed E-state index contributed by atoms with van der Waals surface area (Å²) < 4.78 is 16.9. The second kappa shape index (κ2) is 11.3. The van der Waals surface area contributed by atoms with Crippen molar-refractivity contribution < 1.29 is 33.7 Å². The van der Waals surface area contributed by atoms with E-state index in [0.29, 0.717) is 17.6 Å². The Morgan fingerprint density at radius 3 is 2.19 bits per heavy atom. The molecule has 0 radical (unpaired) electrons. The predicted molar refractivity (Wildman–Crippen MR) is 117 cm³/mol. The number of carbonyl (C=O) groups excluding carboxylic acids is 3. The second-order valence-electron chi connectivity index (χ2n) is 8.70. The number of hydrogen-bond donors (Lipinski definition) is 1. The number of allylic oxidation sites excluding steroid dienone is 2. The Bertz CT molecular complexity index is 754. The first-order valence-corrected chi connectivity index (χ1v) is 10.5. The van der Waals surface area contributed by atoms with E-state index < -0.39 is 47.7 Å². The molecule has 0 aromatic carbocycles. The van der Waals surface area contributed by atoms with Crippen molar-refractivity contribution >= 4 is 17.9 Å². The Morgan fingerprint density at radius 2 is 1.71 bits per heavy atom. The van der Waals surface area contributed by atoms with Crippen molar-refractivity contribution in [3.63, 3.8) is 0 Å². The van der Waals surface area contributed by atoms with Crippen LogP contribution in [0.2, 0.25) is 0 Å². The van der Waals surface area contributed by atoms with Gasteiger partial charge in [-0.3, -0.25) is 9.59 Å². The van der Waals surface area contributed by atoms with Gasteiger partial charge in [0, 0.05) is 25.3 Å². The Labute approximate surface area is 185 Å². The number of aliphatic hydroxyl groups is 1. The van der Waals surface area contributed by atoms with Crippen LogP contribution in [0.3, 0.4) is 0 Å². The topological polar surface area (TPSA) is 99.1 Å². The maximum Gasteiger partial charge on any atom is 0.333 e.